The lowest BCUT2D eigenvalue weighted by molar-refractivity contribution is 0.605. The molecule has 0 saturated carbocycles. The molecule has 126 valence electrons. The van der Waals surface area contributed by atoms with E-state index in [2.05, 4.69) is 32.3 Å². The van der Waals surface area contributed by atoms with Gasteiger partial charge >= 0.3 is 0 Å². The molecule has 0 amide bonds. The normalized spacial score (nSPS) is 13.2. The van der Waals surface area contributed by atoms with E-state index in [1.807, 2.05) is 49.5 Å². The van der Waals surface area contributed by atoms with Crippen LogP contribution in [-0.2, 0) is 11.8 Å². The van der Waals surface area contributed by atoms with Crippen LogP contribution in [0.25, 0.3) is 22.2 Å². The number of aromatic nitrogens is 4. The third kappa shape index (κ3) is 2.82. The molecule has 0 aliphatic rings. The summed E-state index contributed by atoms with van der Waals surface area (Å²) < 4.78 is 0. The van der Waals surface area contributed by atoms with Gasteiger partial charge in [0.05, 0.1) is 17.7 Å². The second-order valence-electron chi connectivity index (χ2n) is 6.55. The SMILES string of the molecule is CC(C#N)(Cc1cccnc1)c1cccc(-c2ccnc3[nH]ncc23)c1. The van der Waals surface area contributed by atoms with Crippen LogP contribution in [0.4, 0.5) is 0 Å². The monoisotopic (exact) mass is 339 g/mol. The minimum Gasteiger partial charge on any atom is -0.264 e. The van der Waals surface area contributed by atoms with Crippen LogP contribution in [0.5, 0.6) is 0 Å². The number of nitrogens with zero attached hydrogens (tertiary/aromatic N) is 4. The molecule has 5 nitrogen and oxygen atoms in total. The summed E-state index contributed by atoms with van der Waals surface area (Å²) >= 11 is 0. The third-order valence-corrected chi connectivity index (χ3v) is 4.69. The van der Waals surface area contributed by atoms with Crippen molar-refractivity contribution >= 4 is 11.0 Å². The number of aromatic amines is 1. The van der Waals surface area contributed by atoms with Gasteiger partial charge in [0.1, 0.15) is 0 Å². The number of pyridine rings is 2. The lowest BCUT2D eigenvalue weighted by Gasteiger charge is -2.23. The first-order valence-electron chi connectivity index (χ1n) is 8.39. The van der Waals surface area contributed by atoms with Crippen molar-refractivity contribution in [2.45, 2.75) is 18.8 Å². The molecule has 1 atom stereocenters. The first-order valence-corrected chi connectivity index (χ1v) is 8.39. The number of fused-ring (bicyclic) bond motifs is 1. The van der Waals surface area contributed by atoms with Crippen molar-refractivity contribution in [3.8, 4) is 17.2 Å². The van der Waals surface area contributed by atoms with Crippen molar-refractivity contribution in [1.29, 1.82) is 5.26 Å². The average molecular weight is 339 g/mol. The second kappa shape index (κ2) is 6.41. The molecular weight excluding hydrogens is 322 g/mol. The Bertz CT molecular complexity index is 1090. The molecule has 0 bridgehead atoms. The zero-order valence-electron chi connectivity index (χ0n) is 14.3. The molecule has 0 fully saturated rings. The van der Waals surface area contributed by atoms with Crippen molar-refractivity contribution < 1.29 is 0 Å². The fourth-order valence-corrected chi connectivity index (χ4v) is 3.25. The molecule has 0 saturated heterocycles. The van der Waals surface area contributed by atoms with Crippen LogP contribution in [0.1, 0.15) is 18.1 Å². The van der Waals surface area contributed by atoms with E-state index in [0.29, 0.717) is 6.42 Å². The number of rotatable bonds is 4. The predicted molar refractivity (Wildman–Crippen MR) is 100 cm³/mol. The molecule has 0 aliphatic carbocycles. The van der Waals surface area contributed by atoms with Crippen molar-refractivity contribution in [2.24, 2.45) is 0 Å². The van der Waals surface area contributed by atoms with Gasteiger partial charge in [0.15, 0.2) is 5.65 Å². The van der Waals surface area contributed by atoms with E-state index in [1.54, 1.807) is 18.6 Å². The number of nitrogens with one attached hydrogen (secondary N) is 1. The van der Waals surface area contributed by atoms with E-state index >= 15 is 0 Å². The summed E-state index contributed by atoms with van der Waals surface area (Å²) in [6.07, 6.45) is 7.72. The van der Waals surface area contributed by atoms with Gasteiger partial charge in [-0.2, -0.15) is 10.4 Å². The van der Waals surface area contributed by atoms with Gasteiger partial charge in [-0.05, 0) is 53.8 Å². The summed E-state index contributed by atoms with van der Waals surface area (Å²) in [7, 11) is 0. The quantitative estimate of drug-likeness (QED) is 0.608. The van der Waals surface area contributed by atoms with Crippen molar-refractivity contribution in [3.63, 3.8) is 0 Å². The molecule has 0 aliphatic heterocycles. The molecule has 4 aromatic rings. The summed E-state index contributed by atoms with van der Waals surface area (Å²) in [6, 6.07) is 16.5. The highest BCUT2D eigenvalue weighted by atomic mass is 15.1. The maximum atomic E-state index is 9.90. The highest BCUT2D eigenvalue weighted by molar-refractivity contribution is 5.92. The summed E-state index contributed by atoms with van der Waals surface area (Å²) in [4.78, 5) is 8.46. The Morgan fingerprint density at radius 2 is 2.04 bits per heavy atom. The second-order valence-corrected chi connectivity index (χ2v) is 6.55. The van der Waals surface area contributed by atoms with Gasteiger partial charge in [-0.3, -0.25) is 10.1 Å². The van der Waals surface area contributed by atoms with Gasteiger partial charge in [-0.1, -0.05) is 24.3 Å². The van der Waals surface area contributed by atoms with E-state index in [0.717, 1.165) is 33.3 Å². The molecule has 3 aromatic heterocycles. The minimum atomic E-state index is -0.637. The number of hydrogen-bond acceptors (Lipinski definition) is 4. The first-order chi connectivity index (χ1) is 12.7. The van der Waals surface area contributed by atoms with Crippen LogP contribution in [0, 0.1) is 11.3 Å². The van der Waals surface area contributed by atoms with E-state index in [-0.39, 0.29) is 0 Å². The van der Waals surface area contributed by atoms with Gasteiger partial charge in [0.25, 0.3) is 0 Å². The topological polar surface area (TPSA) is 78.2 Å². The standard InChI is InChI=1S/C21H17N5/c1-21(14-22,11-15-4-3-8-23-12-15)17-6-2-5-16(10-17)18-7-9-24-20-19(18)13-25-26-20/h2-10,12-13H,11H2,1H3,(H,24,25,26). The molecule has 1 N–H and O–H groups in total. The van der Waals surface area contributed by atoms with Gasteiger partial charge < -0.3 is 0 Å². The highest BCUT2D eigenvalue weighted by Crippen LogP contribution is 2.32. The molecule has 1 aromatic carbocycles. The summed E-state index contributed by atoms with van der Waals surface area (Å²) in [5.74, 6) is 0. The maximum absolute atomic E-state index is 9.90. The van der Waals surface area contributed by atoms with E-state index in [9.17, 15) is 5.26 Å². The number of benzene rings is 1. The number of hydrogen-bond donors (Lipinski definition) is 1. The van der Waals surface area contributed by atoms with Crippen LogP contribution in [0.15, 0.2) is 67.3 Å². The third-order valence-electron chi connectivity index (χ3n) is 4.69. The van der Waals surface area contributed by atoms with E-state index in [4.69, 9.17) is 0 Å². The lowest BCUT2D eigenvalue weighted by atomic mass is 9.78. The van der Waals surface area contributed by atoms with Gasteiger partial charge in [0.2, 0.25) is 0 Å². The Kier molecular flexibility index (Phi) is 3.94. The van der Waals surface area contributed by atoms with Crippen molar-refractivity contribution in [1.82, 2.24) is 20.2 Å². The van der Waals surface area contributed by atoms with Crippen LogP contribution in [0.2, 0.25) is 0 Å². The van der Waals surface area contributed by atoms with E-state index in [1.165, 1.54) is 0 Å². The van der Waals surface area contributed by atoms with Crippen molar-refractivity contribution in [3.05, 3.63) is 78.4 Å². The largest absolute Gasteiger partial charge is 0.264 e. The molecule has 0 radical (unpaired) electrons. The van der Waals surface area contributed by atoms with Gasteiger partial charge in [-0.15, -0.1) is 0 Å². The lowest BCUT2D eigenvalue weighted by Crippen LogP contribution is -2.23. The van der Waals surface area contributed by atoms with Gasteiger partial charge in [0, 0.05) is 24.0 Å². The number of nitriles is 1. The molecule has 0 spiro atoms. The molecule has 5 heteroatoms. The van der Waals surface area contributed by atoms with Crippen LogP contribution in [-0.4, -0.2) is 20.2 Å². The Labute approximate surface area is 151 Å². The van der Waals surface area contributed by atoms with Crippen LogP contribution in [0.3, 0.4) is 0 Å². The fraction of sp³-hybridized carbons (Fsp3) is 0.143. The zero-order chi connectivity index (χ0) is 18.0. The Hall–Kier alpha value is -3.52. The molecular formula is C21H17N5. The molecule has 4 rings (SSSR count). The van der Waals surface area contributed by atoms with Gasteiger partial charge in [-0.25, -0.2) is 4.98 Å². The minimum absolute atomic E-state index is 0.609. The summed E-state index contributed by atoms with van der Waals surface area (Å²) in [6.45, 7) is 1.97. The zero-order valence-corrected chi connectivity index (χ0v) is 14.3. The maximum Gasteiger partial charge on any atom is 0.155 e. The smallest absolute Gasteiger partial charge is 0.155 e. The van der Waals surface area contributed by atoms with Crippen LogP contribution < -0.4 is 0 Å². The average Bonchev–Trinajstić information content (AvgIpc) is 3.17. The highest BCUT2D eigenvalue weighted by Gasteiger charge is 2.27. The van der Waals surface area contributed by atoms with E-state index < -0.39 is 5.41 Å². The summed E-state index contributed by atoms with van der Waals surface area (Å²) in [5.41, 5.74) is 4.24. The number of H-pyrrole nitrogens is 1. The first kappa shape index (κ1) is 16.0. The van der Waals surface area contributed by atoms with Crippen molar-refractivity contribution in [2.75, 3.05) is 0 Å². The molecule has 1 unspecified atom stereocenters. The molecule has 26 heavy (non-hydrogen) atoms. The Morgan fingerprint density at radius 1 is 1.12 bits per heavy atom. The Balaban J connectivity index is 1.77. The fourth-order valence-electron chi connectivity index (χ4n) is 3.25. The molecule has 3 heterocycles. The predicted octanol–water partition coefficient (Wildman–Crippen LogP) is 4.04. The summed E-state index contributed by atoms with van der Waals surface area (Å²) in [5, 5.41) is 17.9. The Morgan fingerprint density at radius 3 is 2.85 bits per heavy atom. The van der Waals surface area contributed by atoms with Crippen LogP contribution >= 0.6 is 0 Å².